The van der Waals surface area contributed by atoms with Gasteiger partial charge in [-0.1, -0.05) is 19.1 Å². The highest BCUT2D eigenvalue weighted by atomic mass is 31.2. The SMILES string of the molecule is C=C(C)CCC(=C)OCC(C)COP(=O)([O-])NCC[N+](C)(C)C. The average molecular weight is 348 g/mol. The van der Waals surface area contributed by atoms with Crippen LogP contribution in [0.25, 0.3) is 0 Å². The Morgan fingerprint density at radius 1 is 1.26 bits per heavy atom. The van der Waals surface area contributed by atoms with Crippen LogP contribution in [-0.2, 0) is 13.8 Å². The summed E-state index contributed by atoms with van der Waals surface area (Å²) in [6.45, 7) is 13.0. The molecule has 0 aliphatic heterocycles. The first-order valence-corrected chi connectivity index (χ1v) is 9.41. The molecule has 0 aromatic rings. The van der Waals surface area contributed by atoms with E-state index >= 15 is 0 Å². The third-order valence-corrected chi connectivity index (χ3v) is 4.12. The Kier molecular flexibility index (Phi) is 9.97. The molecule has 0 aromatic heterocycles. The molecule has 136 valence electrons. The predicted molar refractivity (Wildman–Crippen MR) is 92.8 cm³/mol. The average Bonchev–Trinajstić information content (AvgIpc) is 2.39. The van der Waals surface area contributed by atoms with Crippen molar-refractivity contribution in [1.29, 1.82) is 0 Å². The summed E-state index contributed by atoms with van der Waals surface area (Å²) in [5.74, 6) is 0.644. The van der Waals surface area contributed by atoms with E-state index in [1.807, 2.05) is 35.0 Å². The summed E-state index contributed by atoms with van der Waals surface area (Å²) in [5, 5.41) is 2.46. The molecule has 6 nitrogen and oxygen atoms in total. The number of nitrogens with zero attached hydrogens (tertiary/aromatic N) is 1. The fraction of sp³-hybridized carbons (Fsp3) is 0.750. The molecule has 23 heavy (non-hydrogen) atoms. The van der Waals surface area contributed by atoms with Crippen molar-refractivity contribution >= 4 is 7.75 Å². The number of nitrogens with one attached hydrogen (secondary N) is 1. The van der Waals surface area contributed by atoms with E-state index in [-0.39, 0.29) is 12.5 Å². The molecule has 0 bridgehead atoms. The van der Waals surface area contributed by atoms with E-state index in [1.54, 1.807) is 0 Å². The molecule has 0 rings (SSSR count). The molecule has 0 saturated carbocycles. The molecule has 0 aliphatic rings. The third-order valence-electron chi connectivity index (χ3n) is 3.02. The fourth-order valence-corrected chi connectivity index (χ4v) is 2.44. The summed E-state index contributed by atoms with van der Waals surface area (Å²) in [5.41, 5.74) is 1.08. The lowest BCUT2D eigenvalue weighted by Gasteiger charge is -2.29. The second kappa shape index (κ2) is 10.3. The van der Waals surface area contributed by atoms with E-state index in [0.717, 1.165) is 18.4 Å². The van der Waals surface area contributed by atoms with Crippen LogP contribution >= 0.6 is 7.75 Å². The maximum absolute atomic E-state index is 11.8. The normalized spacial score (nSPS) is 15.7. The molecule has 2 unspecified atom stereocenters. The molecule has 0 saturated heterocycles. The van der Waals surface area contributed by atoms with Crippen LogP contribution in [0.2, 0.25) is 0 Å². The number of rotatable bonds is 13. The highest BCUT2D eigenvalue weighted by Gasteiger charge is 2.14. The van der Waals surface area contributed by atoms with Gasteiger partial charge in [0.25, 0.3) is 0 Å². The lowest BCUT2D eigenvalue weighted by Crippen LogP contribution is -2.40. The van der Waals surface area contributed by atoms with Gasteiger partial charge < -0.3 is 18.6 Å². The zero-order chi connectivity index (χ0) is 18.1. The van der Waals surface area contributed by atoms with E-state index in [9.17, 15) is 9.46 Å². The molecule has 1 N–H and O–H groups in total. The molecule has 0 aliphatic carbocycles. The van der Waals surface area contributed by atoms with Gasteiger partial charge in [-0.3, -0.25) is 9.65 Å². The van der Waals surface area contributed by atoms with Crippen molar-refractivity contribution in [2.75, 3.05) is 47.4 Å². The van der Waals surface area contributed by atoms with E-state index in [4.69, 9.17) is 9.26 Å². The molecule has 7 heteroatoms. The van der Waals surface area contributed by atoms with Crippen molar-refractivity contribution in [2.24, 2.45) is 5.92 Å². The maximum Gasteiger partial charge on any atom is 0.204 e. The molecule has 0 amide bonds. The number of likely N-dealkylation sites (N-methyl/N-ethyl adjacent to an activating group) is 1. The van der Waals surface area contributed by atoms with E-state index < -0.39 is 7.75 Å². The van der Waals surface area contributed by atoms with Gasteiger partial charge >= 0.3 is 0 Å². The van der Waals surface area contributed by atoms with Crippen LogP contribution in [0.4, 0.5) is 0 Å². The maximum atomic E-state index is 11.8. The quantitative estimate of drug-likeness (QED) is 0.239. The monoisotopic (exact) mass is 348 g/mol. The van der Waals surface area contributed by atoms with Crippen molar-refractivity contribution in [1.82, 2.24) is 5.09 Å². The van der Waals surface area contributed by atoms with Crippen molar-refractivity contribution in [3.63, 3.8) is 0 Å². The topological polar surface area (TPSA) is 70.6 Å². The minimum atomic E-state index is -4.01. The lowest BCUT2D eigenvalue weighted by atomic mass is 10.2. The van der Waals surface area contributed by atoms with Gasteiger partial charge in [0.05, 0.1) is 53.2 Å². The minimum Gasteiger partial charge on any atom is -0.766 e. The van der Waals surface area contributed by atoms with Crippen LogP contribution in [-0.4, -0.2) is 51.9 Å². The van der Waals surface area contributed by atoms with Crippen LogP contribution in [0.5, 0.6) is 0 Å². The van der Waals surface area contributed by atoms with Gasteiger partial charge in [-0.25, -0.2) is 0 Å². The second-order valence-corrected chi connectivity index (χ2v) is 8.70. The van der Waals surface area contributed by atoms with Gasteiger partial charge in [0.1, 0.15) is 0 Å². The first-order chi connectivity index (χ1) is 10.4. The molecular weight excluding hydrogens is 315 g/mol. The highest BCUT2D eigenvalue weighted by molar-refractivity contribution is 7.49. The van der Waals surface area contributed by atoms with Crippen molar-refractivity contribution in [3.8, 4) is 0 Å². The van der Waals surface area contributed by atoms with E-state index in [2.05, 4.69) is 18.2 Å². The molecule has 0 spiro atoms. The highest BCUT2D eigenvalue weighted by Crippen LogP contribution is 2.31. The fourth-order valence-electron chi connectivity index (χ4n) is 1.53. The molecule has 0 radical (unpaired) electrons. The van der Waals surface area contributed by atoms with Gasteiger partial charge in [-0.2, -0.15) is 0 Å². The van der Waals surface area contributed by atoms with Crippen LogP contribution in [0, 0.1) is 5.92 Å². The van der Waals surface area contributed by atoms with Crippen molar-refractivity contribution < 1.29 is 23.2 Å². The first-order valence-electron chi connectivity index (χ1n) is 7.87. The van der Waals surface area contributed by atoms with Gasteiger partial charge in [0.2, 0.25) is 7.75 Å². The number of hydrogen-bond donors (Lipinski definition) is 1. The summed E-state index contributed by atoms with van der Waals surface area (Å²) >= 11 is 0. The van der Waals surface area contributed by atoms with E-state index in [1.165, 1.54) is 0 Å². The largest absolute Gasteiger partial charge is 0.766 e. The third kappa shape index (κ3) is 14.7. The minimum absolute atomic E-state index is 0.0425. The molecular formula is C16H33N2O4P. The number of quaternary nitrogens is 1. The molecule has 2 atom stereocenters. The van der Waals surface area contributed by atoms with E-state index in [0.29, 0.717) is 29.9 Å². The summed E-state index contributed by atoms with van der Waals surface area (Å²) in [6, 6.07) is 0. The van der Waals surface area contributed by atoms with Crippen LogP contribution in [0.3, 0.4) is 0 Å². The van der Waals surface area contributed by atoms with Gasteiger partial charge in [-0.05, 0) is 13.3 Å². The van der Waals surface area contributed by atoms with Crippen LogP contribution < -0.4 is 9.98 Å². The number of hydrogen-bond acceptors (Lipinski definition) is 4. The summed E-state index contributed by atoms with van der Waals surface area (Å²) in [7, 11) is 1.99. The van der Waals surface area contributed by atoms with Gasteiger partial charge in [0.15, 0.2) is 0 Å². The molecule has 0 fully saturated rings. The Hall–Kier alpha value is -0.650. The first kappa shape index (κ1) is 22.4. The predicted octanol–water partition coefficient (Wildman–Crippen LogP) is 2.29. The Balaban J connectivity index is 3.93. The Morgan fingerprint density at radius 3 is 2.39 bits per heavy atom. The lowest BCUT2D eigenvalue weighted by molar-refractivity contribution is -0.869. The second-order valence-electron chi connectivity index (χ2n) is 7.13. The van der Waals surface area contributed by atoms with Crippen LogP contribution in [0.15, 0.2) is 24.5 Å². The van der Waals surface area contributed by atoms with Crippen LogP contribution in [0.1, 0.15) is 26.7 Å². The standard InChI is InChI=1S/C16H33N2O4P/c1-14(2)8-9-16(4)21-12-15(3)13-22-23(19,20)17-10-11-18(5,6)7/h15H,1,4,8-13H2,2-3,5-7H3,(H-,17,19,20). The van der Waals surface area contributed by atoms with Gasteiger partial charge in [0, 0.05) is 12.3 Å². The Bertz CT molecular complexity index is 432. The summed E-state index contributed by atoms with van der Waals surface area (Å²) < 4.78 is 22.9. The Labute approximate surface area is 141 Å². The Morgan fingerprint density at radius 2 is 1.87 bits per heavy atom. The van der Waals surface area contributed by atoms with Gasteiger partial charge in [-0.15, -0.1) is 6.58 Å². The molecule has 0 aromatic carbocycles. The van der Waals surface area contributed by atoms with Crippen molar-refractivity contribution in [3.05, 3.63) is 24.5 Å². The zero-order valence-corrected chi connectivity index (χ0v) is 16.2. The molecule has 0 heterocycles. The number of allylic oxidation sites excluding steroid dienone is 2. The zero-order valence-electron chi connectivity index (χ0n) is 15.3. The smallest absolute Gasteiger partial charge is 0.204 e. The summed E-state index contributed by atoms with van der Waals surface area (Å²) in [4.78, 5) is 11.8. The van der Waals surface area contributed by atoms with Crippen molar-refractivity contribution in [2.45, 2.75) is 26.7 Å². The number of ether oxygens (including phenoxy) is 1. The summed E-state index contributed by atoms with van der Waals surface area (Å²) in [6.07, 6.45) is 1.57.